The number of carbonyl (C=O) groups is 1. The first kappa shape index (κ1) is 35.0. The SMILES string of the molecule is C=C(C)[C@@H]1CC[C@]2(Nc3nc(C(C)(C)C)cs3)CC[C@]3(C)[C@H](CCC4[C@@]5(C)CC=C(c6ccc(C(=O)OC)cc6)C(C)(C)C5CC[C@]43C)C12. The molecule has 5 aliphatic rings. The molecule has 7 rings (SSSR count). The largest absolute Gasteiger partial charge is 0.465 e. The summed E-state index contributed by atoms with van der Waals surface area (Å²) in [7, 11) is 1.45. The molecule has 5 aliphatic carbocycles. The highest BCUT2D eigenvalue weighted by Crippen LogP contribution is 2.77. The number of fused-ring (bicyclic) bond motifs is 7. The average Bonchev–Trinajstić information content (AvgIpc) is 3.67. The fraction of sp³-hybridized carbons (Fsp3) is 0.682. The van der Waals surface area contributed by atoms with E-state index < -0.39 is 0 Å². The van der Waals surface area contributed by atoms with Crippen molar-refractivity contribution in [1.29, 1.82) is 0 Å². The summed E-state index contributed by atoms with van der Waals surface area (Å²) in [4.78, 5) is 17.3. The molecule has 9 atom stereocenters. The maximum atomic E-state index is 12.1. The van der Waals surface area contributed by atoms with E-state index in [4.69, 9.17) is 9.72 Å². The third-order valence-electron chi connectivity index (χ3n) is 15.9. The fourth-order valence-corrected chi connectivity index (χ4v) is 14.3. The van der Waals surface area contributed by atoms with Crippen LogP contribution in [-0.4, -0.2) is 23.6 Å². The van der Waals surface area contributed by atoms with Gasteiger partial charge in [0.1, 0.15) is 0 Å². The van der Waals surface area contributed by atoms with Gasteiger partial charge in [0.15, 0.2) is 5.13 Å². The van der Waals surface area contributed by atoms with Crippen LogP contribution in [0.5, 0.6) is 0 Å². The van der Waals surface area contributed by atoms with E-state index in [0.717, 1.165) is 11.6 Å². The lowest BCUT2D eigenvalue weighted by atomic mass is 9.33. The molecule has 3 unspecified atom stereocenters. The molecule has 4 fully saturated rings. The van der Waals surface area contributed by atoms with Crippen molar-refractivity contribution in [3.8, 4) is 0 Å². The van der Waals surface area contributed by atoms with Crippen LogP contribution in [0.2, 0.25) is 0 Å². The first-order valence-corrected chi connectivity index (χ1v) is 20.1. The Balaban J connectivity index is 1.21. The van der Waals surface area contributed by atoms with E-state index in [2.05, 4.69) is 97.8 Å². The fourth-order valence-electron chi connectivity index (χ4n) is 13.3. The number of anilines is 1. The second kappa shape index (κ2) is 11.6. The monoisotopic (exact) mass is 682 g/mol. The van der Waals surface area contributed by atoms with Gasteiger partial charge in [-0.1, -0.05) is 85.8 Å². The van der Waals surface area contributed by atoms with Gasteiger partial charge in [-0.2, -0.15) is 0 Å². The molecule has 5 heteroatoms. The number of nitrogens with zero attached hydrogens (tertiary/aromatic N) is 1. The zero-order chi connectivity index (χ0) is 35.4. The van der Waals surface area contributed by atoms with Gasteiger partial charge in [-0.3, -0.25) is 0 Å². The predicted molar refractivity (Wildman–Crippen MR) is 205 cm³/mol. The van der Waals surface area contributed by atoms with E-state index >= 15 is 0 Å². The standard InChI is InChI=1S/C44H62N2O2S/c1-27(2)30-18-23-44(46-38-45-35(26-49-38)39(3,4)5)25-24-42(9)32(36(30)44)16-17-34-41(8)21-19-31(28-12-14-29(15-13-28)37(47)48-11)40(6,7)33(41)20-22-43(34,42)10/h12-15,19,26,30,32-34,36H,1,16-18,20-25H2,2-11H3,(H,45,46)/t30-,32+,33?,34?,36?,41-,42+,43+,44-/m0/s1. The number of hydrogen-bond acceptors (Lipinski definition) is 5. The minimum Gasteiger partial charge on any atom is -0.465 e. The van der Waals surface area contributed by atoms with Gasteiger partial charge in [0.25, 0.3) is 0 Å². The number of methoxy groups -OCH3 is 1. The van der Waals surface area contributed by atoms with E-state index in [1.807, 2.05) is 23.5 Å². The van der Waals surface area contributed by atoms with Gasteiger partial charge in [0.2, 0.25) is 0 Å². The van der Waals surface area contributed by atoms with Crippen molar-refractivity contribution >= 4 is 28.0 Å². The van der Waals surface area contributed by atoms with Crippen molar-refractivity contribution in [3.05, 3.63) is 64.7 Å². The molecule has 4 nitrogen and oxygen atoms in total. The van der Waals surface area contributed by atoms with E-state index in [1.54, 1.807) is 0 Å². The molecule has 2 aromatic rings. The number of rotatable bonds is 5. The first-order chi connectivity index (χ1) is 22.9. The third-order valence-corrected chi connectivity index (χ3v) is 16.6. The second-order valence-corrected chi connectivity index (χ2v) is 20.2. The third kappa shape index (κ3) is 5.08. The smallest absolute Gasteiger partial charge is 0.337 e. The summed E-state index contributed by atoms with van der Waals surface area (Å²) in [6.07, 6.45) is 14.0. The number of nitrogens with one attached hydrogen (secondary N) is 1. The van der Waals surface area contributed by atoms with Gasteiger partial charge in [0, 0.05) is 16.3 Å². The molecule has 0 aliphatic heterocycles. The summed E-state index contributed by atoms with van der Waals surface area (Å²) in [5.41, 5.74) is 7.02. The number of carbonyl (C=O) groups excluding carboxylic acids is 1. The van der Waals surface area contributed by atoms with E-state index in [0.29, 0.717) is 46.0 Å². The highest BCUT2D eigenvalue weighted by Gasteiger charge is 2.70. The number of ether oxygens (including phenoxy) is 1. The minimum atomic E-state index is -0.271. The molecule has 1 aromatic heterocycles. The maximum absolute atomic E-state index is 12.1. The average molecular weight is 683 g/mol. The molecule has 1 aromatic carbocycles. The van der Waals surface area contributed by atoms with Gasteiger partial charge in [-0.15, -0.1) is 11.3 Å². The van der Waals surface area contributed by atoms with Crippen LogP contribution < -0.4 is 5.32 Å². The molecular formula is C44H62N2O2S. The minimum absolute atomic E-state index is 0.0562. The topological polar surface area (TPSA) is 51.2 Å². The zero-order valence-electron chi connectivity index (χ0n) is 32.1. The number of hydrogen-bond donors (Lipinski definition) is 1. The van der Waals surface area contributed by atoms with Crippen LogP contribution in [0.1, 0.15) is 142 Å². The molecule has 0 spiro atoms. The Morgan fingerprint density at radius 2 is 1.65 bits per heavy atom. The lowest BCUT2D eigenvalue weighted by Gasteiger charge is -2.72. The molecule has 0 saturated heterocycles. The summed E-state index contributed by atoms with van der Waals surface area (Å²) in [5.74, 6) is 2.94. The van der Waals surface area contributed by atoms with Crippen LogP contribution in [0.3, 0.4) is 0 Å². The Hall–Kier alpha value is -2.40. The summed E-state index contributed by atoms with van der Waals surface area (Å²) in [6, 6.07) is 8.14. The van der Waals surface area contributed by atoms with E-state index in [-0.39, 0.29) is 27.8 Å². The van der Waals surface area contributed by atoms with Crippen LogP contribution in [0.4, 0.5) is 5.13 Å². The van der Waals surface area contributed by atoms with Gasteiger partial charge in [-0.05, 0) is 139 Å². The van der Waals surface area contributed by atoms with Gasteiger partial charge in [0.05, 0.1) is 18.4 Å². The van der Waals surface area contributed by atoms with Crippen LogP contribution in [-0.2, 0) is 10.2 Å². The highest BCUT2D eigenvalue weighted by atomic mass is 32.1. The quantitative estimate of drug-likeness (QED) is 0.252. The molecule has 0 amide bonds. The van der Waals surface area contributed by atoms with Crippen molar-refractivity contribution < 1.29 is 9.53 Å². The Morgan fingerprint density at radius 1 is 0.939 bits per heavy atom. The van der Waals surface area contributed by atoms with E-state index in [1.165, 1.54) is 80.9 Å². The van der Waals surface area contributed by atoms with Crippen molar-refractivity contribution in [3.63, 3.8) is 0 Å². The summed E-state index contributed by atoms with van der Waals surface area (Å²) < 4.78 is 4.97. The van der Waals surface area contributed by atoms with Gasteiger partial charge < -0.3 is 10.1 Å². The second-order valence-electron chi connectivity index (χ2n) is 19.4. The van der Waals surface area contributed by atoms with Crippen molar-refractivity contribution in [1.82, 2.24) is 4.98 Å². The van der Waals surface area contributed by atoms with Gasteiger partial charge in [-0.25, -0.2) is 9.78 Å². The summed E-state index contributed by atoms with van der Waals surface area (Å²) in [5, 5.41) is 7.60. The molecule has 266 valence electrons. The van der Waals surface area contributed by atoms with Crippen LogP contribution in [0, 0.1) is 51.2 Å². The lowest BCUT2D eigenvalue weighted by molar-refractivity contribution is -0.216. The van der Waals surface area contributed by atoms with E-state index in [9.17, 15) is 4.79 Å². The Labute approximate surface area is 301 Å². The number of benzene rings is 1. The molecule has 1 heterocycles. The van der Waals surface area contributed by atoms with Crippen LogP contribution in [0.25, 0.3) is 5.57 Å². The van der Waals surface area contributed by atoms with Crippen molar-refractivity contribution in [2.75, 3.05) is 12.4 Å². The highest BCUT2D eigenvalue weighted by molar-refractivity contribution is 7.13. The molecule has 0 bridgehead atoms. The molecule has 0 radical (unpaired) electrons. The lowest BCUT2D eigenvalue weighted by Crippen LogP contribution is -2.67. The maximum Gasteiger partial charge on any atom is 0.337 e. The number of allylic oxidation sites excluding steroid dienone is 3. The number of thiazole rings is 1. The number of aromatic nitrogens is 1. The number of esters is 1. The molecular weight excluding hydrogens is 621 g/mol. The predicted octanol–water partition coefficient (Wildman–Crippen LogP) is 11.7. The summed E-state index contributed by atoms with van der Waals surface area (Å²) in [6.45, 7) is 26.9. The van der Waals surface area contributed by atoms with Crippen LogP contribution in [0.15, 0.2) is 47.9 Å². The molecule has 4 saturated carbocycles. The molecule has 49 heavy (non-hydrogen) atoms. The van der Waals surface area contributed by atoms with Gasteiger partial charge >= 0.3 is 5.97 Å². The summed E-state index contributed by atoms with van der Waals surface area (Å²) >= 11 is 1.81. The normalized spacial score (nSPS) is 39.5. The van der Waals surface area contributed by atoms with Crippen LogP contribution >= 0.6 is 11.3 Å². The molecule has 1 N–H and O–H groups in total. The van der Waals surface area contributed by atoms with Crippen molar-refractivity contribution in [2.24, 2.45) is 51.2 Å². The van der Waals surface area contributed by atoms with Crippen molar-refractivity contribution in [2.45, 2.75) is 131 Å². The Kier molecular flexibility index (Phi) is 8.26. The Morgan fingerprint density at radius 3 is 2.29 bits per heavy atom. The first-order valence-electron chi connectivity index (χ1n) is 19.2. The Bertz CT molecular complexity index is 1660. The zero-order valence-corrected chi connectivity index (χ0v) is 32.9.